The SMILES string of the molecule is CN1CCN(c2ccc3c(c2)Cc2c(C(N)=O)cc(-c4cccc(C(F)(F)F)c4)nc2-3)CC1. The van der Waals surface area contributed by atoms with Gasteiger partial charge in [-0.15, -0.1) is 0 Å². The van der Waals surface area contributed by atoms with Gasteiger partial charge in [0.25, 0.3) is 0 Å². The predicted molar refractivity (Wildman–Crippen MR) is 121 cm³/mol. The molecule has 3 aromatic rings. The van der Waals surface area contributed by atoms with Crippen LogP contribution in [0.2, 0.25) is 0 Å². The van der Waals surface area contributed by atoms with Crippen LogP contribution in [0.15, 0.2) is 48.5 Å². The van der Waals surface area contributed by atoms with Gasteiger partial charge in [0.1, 0.15) is 0 Å². The van der Waals surface area contributed by atoms with Gasteiger partial charge in [-0.25, -0.2) is 4.98 Å². The molecule has 170 valence electrons. The number of aromatic nitrogens is 1. The molecule has 8 heteroatoms. The Bertz CT molecular complexity index is 1250. The Hall–Kier alpha value is -3.39. The second-order valence-corrected chi connectivity index (χ2v) is 8.63. The Morgan fingerprint density at radius 3 is 2.48 bits per heavy atom. The van der Waals surface area contributed by atoms with E-state index in [1.807, 2.05) is 12.1 Å². The molecule has 0 unspecified atom stereocenters. The summed E-state index contributed by atoms with van der Waals surface area (Å²) in [5.74, 6) is -0.617. The number of carbonyl (C=O) groups is 1. The number of hydrogen-bond acceptors (Lipinski definition) is 4. The fourth-order valence-electron chi connectivity index (χ4n) is 4.61. The van der Waals surface area contributed by atoms with E-state index in [0.717, 1.165) is 60.7 Å². The number of halogens is 3. The summed E-state index contributed by atoms with van der Waals surface area (Å²) in [6.45, 7) is 3.86. The number of piperazine rings is 1. The van der Waals surface area contributed by atoms with Crippen LogP contribution in [0, 0.1) is 0 Å². The van der Waals surface area contributed by atoms with Gasteiger partial charge < -0.3 is 15.5 Å². The molecular formula is C25H23F3N4O. The highest BCUT2D eigenvalue weighted by Gasteiger charge is 2.31. The largest absolute Gasteiger partial charge is 0.416 e. The number of pyridine rings is 1. The van der Waals surface area contributed by atoms with Crippen molar-refractivity contribution in [3.05, 3.63) is 70.8 Å². The first kappa shape index (κ1) is 21.5. The third-order valence-electron chi connectivity index (χ3n) is 6.45. The monoisotopic (exact) mass is 452 g/mol. The van der Waals surface area contributed by atoms with E-state index < -0.39 is 17.6 Å². The number of benzene rings is 2. The summed E-state index contributed by atoms with van der Waals surface area (Å²) in [5.41, 5.74) is 10.2. The molecule has 1 aliphatic heterocycles. The average molecular weight is 452 g/mol. The van der Waals surface area contributed by atoms with Crippen LogP contribution >= 0.6 is 0 Å². The van der Waals surface area contributed by atoms with Gasteiger partial charge in [0.15, 0.2) is 0 Å². The van der Waals surface area contributed by atoms with E-state index in [0.29, 0.717) is 23.4 Å². The minimum atomic E-state index is -4.47. The molecule has 2 aromatic carbocycles. The molecule has 2 heterocycles. The Morgan fingerprint density at radius 1 is 1.03 bits per heavy atom. The highest BCUT2D eigenvalue weighted by molar-refractivity contribution is 5.98. The van der Waals surface area contributed by atoms with Gasteiger partial charge in [0.05, 0.1) is 17.0 Å². The number of primary amides is 1. The highest BCUT2D eigenvalue weighted by Crippen LogP contribution is 2.41. The summed E-state index contributed by atoms with van der Waals surface area (Å²) in [6.07, 6.45) is -3.95. The molecule has 5 nitrogen and oxygen atoms in total. The first-order chi connectivity index (χ1) is 15.7. The molecule has 1 saturated heterocycles. The number of nitrogens with zero attached hydrogens (tertiary/aromatic N) is 3. The number of alkyl halides is 3. The topological polar surface area (TPSA) is 62.5 Å². The smallest absolute Gasteiger partial charge is 0.369 e. The molecular weight excluding hydrogens is 429 g/mol. The summed E-state index contributed by atoms with van der Waals surface area (Å²) in [6, 6.07) is 12.6. The van der Waals surface area contributed by atoms with E-state index >= 15 is 0 Å². The van der Waals surface area contributed by atoms with E-state index in [1.165, 1.54) is 12.1 Å². The zero-order valence-electron chi connectivity index (χ0n) is 18.1. The quantitative estimate of drug-likeness (QED) is 0.506. The summed E-state index contributed by atoms with van der Waals surface area (Å²) in [4.78, 5) is 21.6. The van der Waals surface area contributed by atoms with Gasteiger partial charge in [-0.3, -0.25) is 4.79 Å². The van der Waals surface area contributed by atoms with Gasteiger partial charge in [-0.1, -0.05) is 18.2 Å². The lowest BCUT2D eigenvalue weighted by molar-refractivity contribution is -0.137. The van der Waals surface area contributed by atoms with Crippen molar-refractivity contribution in [1.82, 2.24) is 9.88 Å². The third-order valence-corrected chi connectivity index (χ3v) is 6.45. The number of hydrogen-bond donors (Lipinski definition) is 1. The standard InChI is InChI=1S/C25H23F3N4O/c1-31-7-9-32(10-8-31)18-5-6-19-16(12-18)13-20-21(24(29)33)14-22(30-23(19)20)15-3-2-4-17(11-15)25(26,27)28/h2-6,11-12,14H,7-10,13H2,1H3,(H2,29,33). The fraction of sp³-hybridized carbons (Fsp3) is 0.280. The molecule has 2 N–H and O–H groups in total. The Balaban J connectivity index is 1.57. The number of likely N-dealkylation sites (N-methyl/N-ethyl adjacent to an activating group) is 1. The predicted octanol–water partition coefficient (Wildman–Crippen LogP) is 4.19. The lowest BCUT2D eigenvalue weighted by Gasteiger charge is -2.34. The zero-order chi connectivity index (χ0) is 23.3. The van der Waals surface area contributed by atoms with Crippen molar-refractivity contribution in [2.45, 2.75) is 12.6 Å². The van der Waals surface area contributed by atoms with Crippen molar-refractivity contribution in [2.75, 3.05) is 38.1 Å². The van der Waals surface area contributed by atoms with Crippen molar-refractivity contribution >= 4 is 11.6 Å². The third kappa shape index (κ3) is 3.95. The fourth-order valence-corrected chi connectivity index (χ4v) is 4.61. The van der Waals surface area contributed by atoms with Crippen molar-refractivity contribution in [3.8, 4) is 22.5 Å². The van der Waals surface area contributed by atoms with Crippen LogP contribution in [0.4, 0.5) is 18.9 Å². The van der Waals surface area contributed by atoms with Gasteiger partial charge in [-0.05, 0) is 48.5 Å². The molecule has 5 rings (SSSR count). The molecule has 0 radical (unpaired) electrons. The number of amides is 1. The maximum Gasteiger partial charge on any atom is 0.416 e. The summed E-state index contributed by atoms with van der Waals surface area (Å²) < 4.78 is 39.7. The van der Waals surface area contributed by atoms with Crippen molar-refractivity contribution in [1.29, 1.82) is 0 Å². The van der Waals surface area contributed by atoms with Crippen LogP contribution in [0.25, 0.3) is 22.5 Å². The molecule has 33 heavy (non-hydrogen) atoms. The second kappa shape index (κ2) is 7.88. The Morgan fingerprint density at radius 2 is 1.79 bits per heavy atom. The number of fused-ring (bicyclic) bond motifs is 3. The van der Waals surface area contributed by atoms with Crippen molar-refractivity contribution < 1.29 is 18.0 Å². The van der Waals surface area contributed by atoms with Gasteiger partial charge >= 0.3 is 6.18 Å². The van der Waals surface area contributed by atoms with Crippen LogP contribution < -0.4 is 10.6 Å². The molecule has 0 bridgehead atoms. The zero-order valence-corrected chi connectivity index (χ0v) is 18.1. The summed E-state index contributed by atoms with van der Waals surface area (Å²) in [7, 11) is 2.11. The normalized spacial score (nSPS) is 15.9. The minimum absolute atomic E-state index is 0.289. The Labute approximate surface area is 189 Å². The number of carbonyl (C=O) groups excluding carboxylic acids is 1. The van der Waals surface area contributed by atoms with Gasteiger partial charge in [-0.2, -0.15) is 13.2 Å². The number of rotatable bonds is 3. The van der Waals surface area contributed by atoms with Gasteiger partial charge in [0.2, 0.25) is 5.91 Å². The first-order valence-electron chi connectivity index (χ1n) is 10.8. The molecule has 1 aliphatic carbocycles. The van der Waals surface area contributed by atoms with E-state index in [1.54, 1.807) is 6.07 Å². The van der Waals surface area contributed by atoms with Crippen LogP contribution in [-0.4, -0.2) is 49.0 Å². The van der Waals surface area contributed by atoms with E-state index in [-0.39, 0.29) is 5.56 Å². The average Bonchev–Trinajstić information content (AvgIpc) is 3.16. The van der Waals surface area contributed by atoms with Crippen LogP contribution in [-0.2, 0) is 12.6 Å². The van der Waals surface area contributed by atoms with Crippen LogP contribution in [0.3, 0.4) is 0 Å². The molecule has 1 fully saturated rings. The summed E-state index contributed by atoms with van der Waals surface area (Å²) in [5, 5.41) is 0. The maximum absolute atomic E-state index is 13.2. The molecule has 1 aromatic heterocycles. The highest BCUT2D eigenvalue weighted by atomic mass is 19.4. The molecule has 0 saturated carbocycles. The van der Waals surface area contributed by atoms with E-state index in [9.17, 15) is 18.0 Å². The number of anilines is 1. The van der Waals surface area contributed by atoms with Crippen molar-refractivity contribution in [2.24, 2.45) is 5.73 Å². The maximum atomic E-state index is 13.2. The molecule has 0 spiro atoms. The van der Waals surface area contributed by atoms with E-state index in [4.69, 9.17) is 5.73 Å². The van der Waals surface area contributed by atoms with E-state index in [2.05, 4.69) is 27.9 Å². The van der Waals surface area contributed by atoms with Crippen LogP contribution in [0.5, 0.6) is 0 Å². The molecule has 1 amide bonds. The number of nitrogens with two attached hydrogens (primary N) is 1. The first-order valence-corrected chi connectivity index (χ1v) is 10.8. The summed E-state index contributed by atoms with van der Waals surface area (Å²) >= 11 is 0. The molecule has 0 atom stereocenters. The van der Waals surface area contributed by atoms with Crippen molar-refractivity contribution in [3.63, 3.8) is 0 Å². The van der Waals surface area contributed by atoms with Crippen LogP contribution in [0.1, 0.15) is 27.0 Å². The van der Waals surface area contributed by atoms with Gasteiger partial charge in [0, 0.05) is 55.0 Å². The lowest BCUT2D eigenvalue weighted by Crippen LogP contribution is -2.44. The lowest BCUT2D eigenvalue weighted by atomic mass is 10.0. The molecule has 2 aliphatic rings. The second-order valence-electron chi connectivity index (χ2n) is 8.63. The minimum Gasteiger partial charge on any atom is -0.369 e. The Kier molecular flexibility index (Phi) is 5.12.